The second-order valence-corrected chi connectivity index (χ2v) is 5.97. The number of carbonyl (C=O) groups is 1. The van der Waals surface area contributed by atoms with Gasteiger partial charge in [0.15, 0.2) is 0 Å². The molecule has 4 nitrogen and oxygen atoms in total. The van der Waals surface area contributed by atoms with Crippen LogP contribution in [-0.4, -0.2) is 42.6 Å². The average Bonchev–Trinajstić information content (AvgIpc) is 2.78. The predicted molar refractivity (Wildman–Crippen MR) is 89.9 cm³/mol. The van der Waals surface area contributed by atoms with Crippen molar-refractivity contribution < 1.29 is 9.53 Å². The van der Waals surface area contributed by atoms with Crippen molar-refractivity contribution in [1.29, 1.82) is 0 Å². The van der Waals surface area contributed by atoms with Crippen LogP contribution in [0.25, 0.3) is 0 Å². The minimum absolute atomic E-state index is 0. The molecule has 2 heterocycles. The van der Waals surface area contributed by atoms with Crippen molar-refractivity contribution in [3.05, 3.63) is 29.8 Å². The number of fused-ring (bicyclic) bond motifs is 2. The molecule has 1 N–H and O–H groups in total. The molecule has 0 saturated carbocycles. The molecule has 1 amide bonds. The first kappa shape index (κ1) is 17.1. The number of nitrogens with zero attached hydrogens (tertiary/aromatic N) is 1. The number of carbonyl (C=O) groups excluding carboxylic acids is 1. The molecule has 2 aliphatic rings. The van der Waals surface area contributed by atoms with E-state index in [2.05, 4.69) is 17.1 Å². The fourth-order valence-corrected chi connectivity index (χ4v) is 3.40. The Morgan fingerprint density at radius 3 is 2.95 bits per heavy atom. The molecule has 2 saturated heterocycles. The van der Waals surface area contributed by atoms with E-state index >= 15 is 0 Å². The lowest BCUT2D eigenvalue weighted by Crippen LogP contribution is -2.42. The maximum atomic E-state index is 12.9. The molecule has 1 aromatic carbocycles. The lowest BCUT2D eigenvalue weighted by Gasteiger charge is -2.28. The summed E-state index contributed by atoms with van der Waals surface area (Å²) in [7, 11) is 0. The van der Waals surface area contributed by atoms with E-state index in [-0.39, 0.29) is 18.3 Å². The van der Waals surface area contributed by atoms with E-state index in [1.54, 1.807) is 0 Å². The zero-order valence-corrected chi connectivity index (χ0v) is 13.9. The Morgan fingerprint density at radius 2 is 2.14 bits per heavy atom. The van der Waals surface area contributed by atoms with Gasteiger partial charge in [0.1, 0.15) is 5.75 Å². The molecule has 0 spiro atoms. The number of hydrogen-bond donors (Lipinski definition) is 1. The summed E-state index contributed by atoms with van der Waals surface area (Å²) in [6.45, 7) is 4.71. The molecular formula is C17H25ClN2O2. The highest BCUT2D eigenvalue weighted by atomic mass is 35.5. The summed E-state index contributed by atoms with van der Waals surface area (Å²) in [5, 5.41) is 3.44. The number of nitrogens with one attached hydrogen (secondary N) is 1. The maximum absolute atomic E-state index is 12.9. The van der Waals surface area contributed by atoms with E-state index in [1.165, 1.54) is 0 Å². The van der Waals surface area contributed by atoms with Crippen molar-refractivity contribution in [2.24, 2.45) is 0 Å². The van der Waals surface area contributed by atoms with Crippen molar-refractivity contribution in [3.63, 3.8) is 0 Å². The fourth-order valence-electron chi connectivity index (χ4n) is 3.40. The topological polar surface area (TPSA) is 41.6 Å². The van der Waals surface area contributed by atoms with Crippen LogP contribution in [0.5, 0.6) is 5.75 Å². The van der Waals surface area contributed by atoms with Crippen LogP contribution in [0.3, 0.4) is 0 Å². The van der Waals surface area contributed by atoms with Crippen LogP contribution in [0.2, 0.25) is 0 Å². The van der Waals surface area contributed by atoms with Gasteiger partial charge in [-0.3, -0.25) is 4.79 Å². The van der Waals surface area contributed by atoms with Gasteiger partial charge >= 0.3 is 0 Å². The molecule has 0 aliphatic carbocycles. The molecule has 3 rings (SSSR count). The van der Waals surface area contributed by atoms with Gasteiger partial charge in [0.05, 0.1) is 6.61 Å². The monoisotopic (exact) mass is 324 g/mol. The van der Waals surface area contributed by atoms with Crippen molar-refractivity contribution in [2.75, 3.05) is 19.7 Å². The quantitative estimate of drug-likeness (QED) is 0.926. The number of benzene rings is 1. The number of ether oxygens (including phenoxy) is 1. The number of amides is 1. The second kappa shape index (κ2) is 7.84. The summed E-state index contributed by atoms with van der Waals surface area (Å²) in [5.41, 5.74) is 0.752. The van der Waals surface area contributed by atoms with E-state index in [1.807, 2.05) is 24.3 Å². The molecule has 0 radical (unpaired) electrons. The SMILES string of the molecule is CCCOc1cccc(C(=O)N2C3CCNCC2CC3)c1.Cl. The molecular weight excluding hydrogens is 300 g/mol. The molecule has 2 aliphatic heterocycles. The highest BCUT2D eigenvalue weighted by Crippen LogP contribution is 2.30. The summed E-state index contributed by atoms with van der Waals surface area (Å²) in [4.78, 5) is 15.0. The van der Waals surface area contributed by atoms with Gasteiger partial charge in [0, 0.05) is 24.2 Å². The molecule has 2 bridgehead atoms. The van der Waals surface area contributed by atoms with Gasteiger partial charge in [-0.05, 0) is 50.4 Å². The van der Waals surface area contributed by atoms with Gasteiger partial charge in [-0.1, -0.05) is 13.0 Å². The zero-order chi connectivity index (χ0) is 14.7. The Bertz CT molecular complexity index is 495. The van der Waals surface area contributed by atoms with Gasteiger partial charge < -0.3 is 15.0 Å². The Morgan fingerprint density at radius 1 is 1.32 bits per heavy atom. The maximum Gasteiger partial charge on any atom is 0.254 e. The second-order valence-electron chi connectivity index (χ2n) is 5.97. The molecule has 22 heavy (non-hydrogen) atoms. The van der Waals surface area contributed by atoms with Crippen molar-refractivity contribution in [1.82, 2.24) is 10.2 Å². The molecule has 0 aromatic heterocycles. The van der Waals surface area contributed by atoms with Crippen LogP contribution >= 0.6 is 12.4 Å². The highest BCUT2D eigenvalue weighted by molar-refractivity contribution is 5.95. The van der Waals surface area contributed by atoms with E-state index in [0.717, 1.165) is 50.1 Å². The van der Waals surface area contributed by atoms with Gasteiger partial charge in [-0.2, -0.15) is 0 Å². The van der Waals surface area contributed by atoms with Crippen LogP contribution in [0.4, 0.5) is 0 Å². The van der Waals surface area contributed by atoms with Crippen LogP contribution in [0.15, 0.2) is 24.3 Å². The summed E-state index contributed by atoms with van der Waals surface area (Å²) >= 11 is 0. The normalized spacial score (nSPS) is 23.6. The van der Waals surface area contributed by atoms with Gasteiger partial charge in [0.2, 0.25) is 0 Å². The molecule has 5 heteroatoms. The Kier molecular flexibility index (Phi) is 6.09. The first-order chi connectivity index (χ1) is 10.3. The van der Waals surface area contributed by atoms with E-state index in [4.69, 9.17) is 4.74 Å². The zero-order valence-electron chi connectivity index (χ0n) is 13.1. The minimum Gasteiger partial charge on any atom is -0.494 e. The smallest absolute Gasteiger partial charge is 0.254 e. The molecule has 122 valence electrons. The number of halogens is 1. The lowest BCUT2D eigenvalue weighted by atomic mass is 10.1. The Balaban J connectivity index is 0.00000176. The summed E-state index contributed by atoms with van der Waals surface area (Å²) < 4.78 is 5.64. The summed E-state index contributed by atoms with van der Waals surface area (Å²) in [5.74, 6) is 0.955. The third-order valence-corrected chi connectivity index (χ3v) is 4.44. The Labute approximate surface area is 138 Å². The molecule has 1 aromatic rings. The van der Waals surface area contributed by atoms with Crippen LogP contribution in [-0.2, 0) is 0 Å². The predicted octanol–water partition coefficient (Wildman–Crippen LogP) is 2.86. The molecule has 2 atom stereocenters. The van der Waals surface area contributed by atoms with E-state index in [0.29, 0.717) is 18.7 Å². The van der Waals surface area contributed by atoms with Gasteiger partial charge in [-0.15, -0.1) is 12.4 Å². The first-order valence-corrected chi connectivity index (χ1v) is 8.06. The molecule has 2 unspecified atom stereocenters. The summed E-state index contributed by atoms with van der Waals surface area (Å²) in [6.07, 6.45) is 4.30. The van der Waals surface area contributed by atoms with Crippen molar-refractivity contribution in [2.45, 2.75) is 44.7 Å². The summed E-state index contributed by atoms with van der Waals surface area (Å²) in [6, 6.07) is 8.37. The van der Waals surface area contributed by atoms with E-state index in [9.17, 15) is 4.79 Å². The van der Waals surface area contributed by atoms with Crippen molar-refractivity contribution in [3.8, 4) is 5.75 Å². The van der Waals surface area contributed by atoms with Crippen LogP contribution in [0.1, 0.15) is 43.0 Å². The molecule has 2 fully saturated rings. The Hall–Kier alpha value is -1.26. The third kappa shape index (κ3) is 3.55. The minimum atomic E-state index is 0. The fraction of sp³-hybridized carbons (Fsp3) is 0.588. The van der Waals surface area contributed by atoms with E-state index < -0.39 is 0 Å². The lowest BCUT2D eigenvalue weighted by molar-refractivity contribution is 0.0680. The van der Waals surface area contributed by atoms with Crippen molar-refractivity contribution >= 4 is 18.3 Å². The van der Waals surface area contributed by atoms with Gasteiger partial charge in [-0.25, -0.2) is 0 Å². The number of hydrogen-bond acceptors (Lipinski definition) is 3. The standard InChI is InChI=1S/C17H24N2O2.ClH/c1-2-10-21-16-5-3-4-13(11-16)17(20)19-14-6-7-15(19)12-18-9-8-14;/h3-5,11,14-15,18H,2,6-10,12H2,1H3;1H. The number of rotatable bonds is 4. The average molecular weight is 325 g/mol. The first-order valence-electron chi connectivity index (χ1n) is 8.06. The van der Waals surface area contributed by atoms with Gasteiger partial charge in [0.25, 0.3) is 5.91 Å². The van der Waals surface area contributed by atoms with Crippen LogP contribution < -0.4 is 10.1 Å². The largest absolute Gasteiger partial charge is 0.494 e. The van der Waals surface area contributed by atoms with Crippen LogP contribution in [0, 0.1) is 0 Å². The highest BCUT2D eigenvalue weighted by Gasteiger charge is 2.38. The third-order valence-electron chi connectivity index (χ3n) is 4.44.